The van der Waals surface area contributed by atoms with Crippen molar-refractivity contribution >= 4 is 0 Å². The number of aromatic nitrogens is 2. The fraction of sp³-hybridized carbons (Fsp3) is 0.529. The van der Waals surface area contributed by atoms with Crippen LogP contribution >= 0.6 is 0 Å². The third kappa shape index (κ3) is 3.91. The first kappa shape index (κ1) is 15.7. The molecule has 0 aliphatic rings. The molecule has 4 heteroatoms. The van der Waals surface area contributed by atoms with Gasteiger partial charge < -0.3 is 9.73 Å². The summed E-state index contributed by atoms with van der Waals surface area (Å²) in [5.41, 5.74) is 4.44. The van der Waals surface area contributed by atoms with Crippen LogP contribution in [0.1, 0.15) is 43.5 Å². The lowest BCUT2D eigenvalue weighted by Crippen LogP contribution is -2.37. The van der Waals surface area contributed by atoms with E-state index in [0.29, 0.717) is 0 Å². The molecule has 0 aromatic carbocycles. The van der Waals surface area contributed by atoms with Gasteiger partial charge in [-0.15, -0.1) is 0 Å². The van der Waals surface area contributed by atoms with Gasteiger partial charge in [0.2, 0.25) is 0 Å². The summed E-state index contributed by atoms with van der Waals surface area (Å²) in [4.78, 5) is 9.31. The van der Waals surface area contributed by atoms with Gasteiger partial charge in [0.25, 0.3) is 0 Å². The van der Waals surface area contributed by atoms with Crippen LogP contribution in [0.5, 0.6) is 0 Å². The Morgan fingerprint density at radius 2 is 1.71 bits per heavy atom. The van der Waals surface area contributed by atoms with Crippen LogP contribution in [-0.4, -0.2) is 22.1 Å². The predicted octanol–water partition coefficient (Wildman–Crippen LogP) is 3.59. The van der Waals surface area contributed by atoms with E-state index in [1.54, 1.807) is 6.26 Å². The first-order chi connectivity index (χ1) is 9.78. The van der Waals surface area contributed by atoms with E-state index in [1.165, 1.54) is 5.56 Å². The summed E-state index contributed by atoms with van der Waals surface area (Å²) in [6, 6.07) is 1.92. The molecule has 2 aromatic rings. The van der Waals surface area contributed by atoms with Gasteiger partial charge in [-0.1, -0.05) is 0 Å². The lowest BCUT2D eigenvalue weighted by Gasteiger charge is -2.21. The van der Waals surface area contributed by atoms with Crippen molar-refractivity contribution in [2.24, 2.45) is 0 Å². The maximum Gasteiger partial charge on any atom is 0.163 e. The first-order valence-corrected chi connectivity index (χ1v) is 7.41. The van der Waals surface area contributed by atoms with E-state index in [0.717, 1.165) is 41.5 Å². The van der Waals surface area contributed by atoms with Gasteiger partial charge in [-0.3, -0.25) is 0 Å². The number of furan rings is 1. The normalized spacial score (nSPS) is 11.9. The second-order valence-electron chi connectivity index (χ2n) is 6.51. The topological polar surface area (TPSA) is 51.0 Å². The quantitative estimate of drug-likeness (QED) is 0.933. The average molecular weight is 287 g/mol. The van der Waals surface area contributed by atoms with E-state index in [-0.39, 0.29) is 5.54 Å². The molecular weight excluding hydrogens is 262 g/mol. The monoisotopic (exact) mass is 287 g/mol. The minimum Gasteiger partial charge on any atom is -0.469 e. The van der Waals surface area contributed by atoms with Crippen molar-refractivity contribution < 1.29 is 4.42 Å². The molecule has 4 nitrogen and oxygen atoms in total. The molecule has 0 unspecified atom stereocenters. The molecule has 0 fully saturated rings. The van der Waals surface area contributed by atoms with Crippen LogP contribution in [0.4, 0.5) is 0 Å². The highest BCUT2D eigenvalue weighted by molar-refractivity contribution is 5.57. The number of rotatable bonds is 4. The zero-order valence-corrected chi connectivity index (χ0v) is 13.9. The Balaban J connectivity index is 2.20. The lowest BCUT2D eigenvalue weighted by atomic mass is 10.1. The Kier molecular flexibility index (Phi) is 4.47. The largest absolute Gasteiger partial charge is 0.469 e. The van der Waals surface area contributed by atoms with Gasteiger partial charge in [0.1, 0.15) is 5.76 Å². The van der Waals surface area contributed by atoms with Gasteiger partial charge in [-0.25, -0.2) is 9.97 Å². The molecule has 2 rings (SSSR count). The summed E-state index contributed by atoms with van der Waals surface area (Å²) < 4.78 is 5.34. The van der Waals surface area contributed by atoms with Crippen LogP contribution in [0, 0.1) is 20.8 Å². The molecular formula is C17H25N3O. The molecule has 2 heterocycles. The summed E-state index contributed by atoms with van der Waals surface area (Å²) in [6.07, 6.45) is 2.62. The fourth-order valence-electron chi connectivity index (χ4n) is 2.40. The summed E-state index contributed by atoms with van der Waals surface area (Å²) in [7, 11) is 0. The smallest absolute Gasteiger partial charge is 0.163 e. The van der Waals surface area contributed by atoms with E-state index in [2.05, 4.69) is 49.9 Å². The van der Waals surface area contributed by atoms with E-state index in [4.69, 9.17) is 4.42 Å². The van der Waals surface area contributed by atoms with Gasteiger partial charge in [0.05, 0.1) is 11.8 Å². The van der Waals surface area contributed by atoms with E-state index in [9.17, 15) is 0 Å². The van der Waals surface area contributed by atoms with Crippen LogP contribution in [-0.2, 0) is 6.42 Å². The standard InChI is InChI=1S/C17H25N3O/c1-11-14(7-9-18-17(4,5)6)12(2)20-16(19-11)15-8-10-21-13(15)3/h8,10,18H,7,9H2,1-6H3. The summed E-state index contributed by atoms with van der Waals surface area (Å²) in [5.74, 6) is 1.61. The molecule has 0 aliphatic carbocycles. The van der Waals surface area contributed by atoms with Crippen molar-refractivity contribution in [3.8, 4) is 11.4 Å². The Labute approximate surface area is 127 Å². The Morgan fingerprint density at radius 1 is 1.10 bits per heavy atom. The Morgan fingerprint density at radius 3 is 2.19 bits per heavy atom. The van der Waals surface area contributed by atoms with E-state index in [1.807, 2.05) is 13.0 Å². The molecule has 0 aliphatic heterocycles. The number of aryl methyl sites for hydroxylation is 3. The molecule has 0 spiro atoms. The number of nitrogens with one attached hydrogen (secondary N) is 1. The van der Waals surface area contributed by atoms with Gasteiger partial charge in [0.15, 0.2) is 5.82 Å². The van der Waals surface area contributed by atoms with Crippen molar-refractivity contribution in [3.05, 3.63) is 35.0 Å². The highest BCUT2D eigenvalue weighted by Gasteiger charge is 2.14. The molecule has 0 amide bonds. The highest BCUT2D eigenvalue weighted by atomic mass is 16.3. The molecule has 2 aromatic heterocycles. The van der Waals surface area contributed by atoms with Gasteiger partial charge in [-0.05, 0) is 66.1 Å². The summed E-state index contributed by atoms with van der Waals surface area (Å²) >= 11 is 0. The molecule has 1 N–H and O–H groups in total. The molecule has 0 radical (unpaired) electrons. The fourth-order valence-corrected chi connectivity index (χ4v) is 2.40. The third-order valence-electron chi connectivity index (χ3n) is 3.55. The first-order valence-electron chi connectivity index (χ1n) is 7.41. The second-order valence-corrected chi connectivity index (χ2v) is 6.51. The van der Waals surface area contributed by atoms with Crippen molar-refractivity contribution in [3.63, 3.8) is 0 Å². The van der Waals surface area contributed by atoms with Gasteiger partial charge in [-0.2, -0.15) is 0 Å². The number of hydrogen-bond acceptors (Lipinski definition) is 4. The molecule has 114 valence electrons. The Bertz CT molecular complexity index is 600. The number of nitrogens with zero attached hydrogens (tertiary/aromatic N) is 2. The lowest BCUT2D eigenvalue weighted by molar-refractivity contribution is 0.429. The molecule has 21 heavy (non-hydrogen) atoms. The van der Waals surface area contributed by atoms with Crippen LogP contribution in [0.15, 0.2) is 16.7 Å². The maximum atomic E-state index is 5.34. The summed E-state index contributed by atoms with van der Waals surface area (Å²) in [6.45, 7) is 13.5. The molecule has 0 saturated heterocycles. The van der Waals surface area contributed by atoms with E-state index < -0.39 is 0 Å². The van der Waals surface area contributed by atoms with Crippen molar-refractivity contribution in [2.45, 2.75) is 53.5 Å². The van der Waals surface area contributed by atoms with Crippen LogP contribution < -0.4 is 5.32 Å². The zero-order valence-electron chi connectivity index (χ0n) is 13.9. The number of hydrogen-bond donors (Lipinski definition) is 1. The molecule has 0 atom stereocenters. The Hall–Kier alpha value is -1.68. The third-order valence-corrected chi connectivity index (χ3v) is 3.55. The minimum absolute atomic E-state index is 0.135. The molecule has 0 saturated carbocycles. The van der Waals surface area contributed by atoms with Gasteiger partial charge >= 0.3 is 0 Å². The average Bonchev–Trinajstić information content (AvgIpc) is 2.77. The second kappa shape index (κ2) is 5.98. The summed E-state index contributed by atoms with van der Waals surface area (Å²) in [5, 5.41) is 3.51. The van der Waals surface area contributed by atoms with Crippen molar-refractivity contribution in [1.29, 1.82) is 0 Å². The van der Waals surface area contributed by atoms with Crippen LogP contribution in [0.2, 0.25) is 0 Å². The highest BCUT2D eigenvalue weighted by Crippen LogP contribution is 2.23. The minimum atomic E-state index is 0.135. The maximum absolute atomic E-state index is 5.34. The van der Waals surface area contributed by atoms with Crippen molar-refractivity contribution in [1.82, 2.24) is 15.3 Å². The van der Waals surface area contributed by atoms with Crippen LogP contribution in [0.3, 0.4) is 0 Å². The van der Waals surface area contributed by atoms with Crippen molar-refractivity contribution in [2.75, 3.05) is 6.54 Å². The predicted molar refractivity (Wildman–Crippen MR) is 85.4 cm³/mol. The SMILES string of the molecule is Cc1nc(-c2ccoc2C)nc(C)c1CCNC(C)(C)C. The van der Waals surface area contributed by atoms with E-state index >= 15 is 0 Å². The zero-order chi connectivity index (χ0) is 15.6. The molecule has 0 bridgehead atoms. The van der Waals surface area contributed by atoms with Gasteiger partial charge in [0, 0.05) is 16.9 Å². The van der Waals surface area contributed by atoms with Crippen LogP contribution in [0.25, 0.3) is 11.4 Å².